The average Bonchev–Trinajstić information content (AvgIpc) is 3.43. The van der Waals surface area contributed by atoms with E-state index in [9.17, 15) is 13.5 Å². The highest BCUT2D eigenvalue weighted by Crippen LogP contribution is 2.45. The van der Waals surface area contributed by atoms with Gasteiger partial charge in [0.25, 0.3) is 0 Å². The SMILES string of the molecule is CCC(c1ccc(OC)cc1)C(O)(c1ccccc1)c1ccc(N(CCN2CCCC2)S(C)(=O)=O)cc1. The van der Waals surface area contributed by atoms with Crippen LogP contribution >= 0.6 is 0 Å². The smallest absolute Gasteiger partial charge is 0.232 e. The Labute approximate surface area is 221 Å². The molecule has 0 saturated carbocycles. The lowest BCUT2D eigenvalue weighted by atomic mass is 9.72. The van der Waals surface area contributed by atoms with Gasteiger partial charge in [0.1, 0.15) is 11.4 Å². The maximum atomic E-state index is 12.7. The number of methoxy groups -OCH3 is 1. The number of likely N-dealkylation sites (tertiary alicyclic amines) is 1. The summed E-state index contributed by atoms with van der Waals surface area (Å²) < 4.78 is 32.2. The Morgan fingerprint density at radius 1 is 0.946 bits per heavy atom. The summed E-state index contributed by atoms with van der Waals surface area (Å²) in [6.45, 7) is 5.22. The second-order valence-electron chi connectivity index (χ2n) is 9.80. The van der Waals surface area contributed by atoms with E-state index in [0.717, 1.165) is 35.5 Å². The number of benzene rings is 3. The van der Waals surface area contributed by atoms with Gasteiger partial charge in [0, 0.05) is 19.0 Å². The Hall–Kier alpha value is -2.87. The minimum absolute atomic E-state index is 0.229. The molecule has 6 nitrogen and oxygen atoms in total. The van der Waals surface area contributed by atoms with Crippen LogP contribution in [-0.4, -0.2) is 58.0 Å². The molecule has 37 heavy (non-hydrogen) atoms. The molecule has 0 aromatic heterocycles. The number of sulfonamides is 1. The van der Waals surface area contributed by atoms with Crippen molar-refractivity contribution in [2.45, 2.75) is 37.7 Å². The van der Waals surface area contributed by atoms with Crippen LogP contribution in [0.2, 0.25) is 0 Å². The fraction of sp³-hybridized carbons (Fsp3) is 0.400. The molecule has 3 aromatic rings. The standard InChI is InChI=1S/C30H38N2O4S/c1-4-29(24-12-18-28(36-2)19-13-24)30(33,25-10-6-5-7-11-25)26-14-16-27(17-15-26)32(37(3,34)35)23-22-31-20-8-9-21-31/h5-7,10-19,29,33H,4,8-9,20-23H2,1-3H3. The second-order valence-corrected chi connectivity index (χ2v) is 11.7. The van der Waals surface area contributed by atoms with Crippen LogP contribution in [0.15, 0.2) is 78.9 Å². The Balaban J connectivity index is 1.71. The summed E-state index contributed by atoms with van der Waals surface area (Å²) in [7, 11) is -1.81. The highest BCUT2D eigenvalue weighted by Gasteiger charge is 2.40. The van der Waals surface area contributed by atoms with Gasteiger partial charge in [-0.1, -0.05) is 61.5 Å². The van der Waals surface area contributed by atoms with E-state index < -0.39 is 15.6 Å². The van der Waals surface area contributed by atoms with Crippen molar-refractivity contribution in [1.29, 1.82) is 0 Å². The van der Waals surface area contributed by atoms with Crippen molar-refractivity contribution in [1.82, 2.24) is 4.90 Å². The van der Waals surface area contributed by atoms with E-state index in [1.165, 1.54) is 23.4 Å². The lowest BCUT2D eigenvalue weighted by molar-refractivity contribution is 0.0476. The zero-order valence-electron chi connectivity index (χ0n) is 22.0. The van der Waals surface area contributed by atoms with E-state index in [4.69, 9.17) is 4.74 Å². The third-order valence-electron chi connectivity index (χ3n) is 7.46. The lowest BCUT2D eigenvalue weighted by Gasteiger charge is -2.38. The Morgan fingerprint density at radius 3 is 2.08 bits per heavy atom. The predicted octanol–water partition coefficient (Wildman–Crippen LogP) is 4.99. The van der Waals surface area contributed by atoms with Crippen molar-refractivity contribution >= 4 is 15.7 Å². The molecule has 1 aliphatic heterocycles. The van der Waals surface area contributed by atoms with Crippen LogP contribution in [0.4, 0.5) is 5.69 Å². The molecule has 0 radical (unpaired) electrons. The Morgan fingerprint density at radius 2 is 1.54 bits per heavy atom. The van der Waals surface area contributed by atoms with Gasteiger partial charge in [0.15, 0.2) is 0 Å². The minimum Gasteiger partial charge on any atom is -0.497 e. The number of hydrogen-bond donors (Lipinski definition) is 1. The Bertz CT molecular complexity index is 1240. The van der Waals surface area contributed by atoms with Gasteiger partial charge in [-0.2, -0.15) is 0 Å². The normalized spacial score (nSPS) is 16.8. The van der Waals surface area contributed by atoms with Crippen LogP contribution in [0, 0.1) is 0 Å². The van der Waals surface area contributed by atoms with E-state index in [1.807, 2.05) is 78.9 Å². The summed E-state index contributed by atoms with van der Waals surface area (Å²) in [5.74, 6) is 0.536. The van der Waals surface area contributed by atoms with Crippen molar-refractivity contribution < 1.29 is 18.3 Å². The fourth-order valence-electron chi connectivity index (χ4n) is 5.48. The molecule has 1 heterocycles. The zero-order valence-corrected chi connectivity index (χ0v) is 22.8. The molecule has 2 atom stereocenters. The summed E-state index contributed by atoms with van der Waals surface area (Å²) in [6.07, 6.45) is 4.28. The topological polar surface area (TPSA) is 70.1 Å². The highest BCUT2D eigenvalue weighted by atomic mass is 32.2. The molecule has 1 fully saturated rings. The molecular formula is C30H38N2O4S. The van der Waals surface area contributed by atoms with Gasteiger partial charge in [0.2, 0.25) is 10.0 Å². The van der Waals surface area contributed by atoms with E-state index in [-0.39, 0.29) is 5.92 Å². The molecule has 1 N–H and O–H groups in total. The van der Waals surface area contributed by atoms with E-state index in [0.29, 0.717) is 25.2 Å². The first kappa shape index (κ1) is 27.2. The van der Waals surface area contributed by atoms with Crippen LogP contribution in [0.1, 0.15) is 48.8 Å². The molecule has 0 spiro atoms. The minimum atomic E-state index is -3.45. The fourth-order valence-corrected chi connectivity index (χ4v) is 6.39. The van der Waals surface area contributed by atoms with Crippen molar-refractivity contribution in [2.24, 2.45) is 0 Å². The monoisotopic (exact) mass is 522 g/mol. The molecule has 1 aliphatic rings. The third-order valence-corrected chi connectivity index (χ3v) is 8.65. The molecule has 1 saturated heterocycles. The second kappa shape index (κ2) is 11.7. The molecule has 198 valence electrons. The molecule has 0 bridgehead atoms. The van der Waals surface area contributed by atoms with Crippen LogP contribution in [0.3, 0.4) is 0 Å². The first-order chi connectivity index (χ1) is 17.8. The first-order valence-corrected chi connectivity index (χ1v) is 14.8. The van der Waals surface area contributed by atoms with Gasteiger partial charge in [-0.25, -0.2) is 8.42 Å². The molecule has 0 amide bonds. The van der Waals surface area contributed by atoms with Crippen molar-refractivity contribution in [3.63, 3.8) is 0 Å². The lowest BCUT2D eigenvalue weighted by Crippen LogP contribution is -2.37. The number of ether oxygens (including phenoxy) is 1. The van der Waals surface area contributed by atoms with Gasteiger partial charge < -0.3 is 14.7 Å². The summed E-state index contributed by atoms with van der Waals surface area (Å²) in [6, 6.07) is 24.9. The summed E-state index contributed by atoms with van der Waals surface area (Å²) >= 11 is 0. The molecule has 0 aliphatic carbocycles. The van der Waals surface area contributed by atoms with Crippen molar-refractivity contribution in [2.75, 3.05) is 43.8 Å². The zero-order chi connectivity index (χ0) is 26.5. The van der Waals surface area contributed by atoms with Crippen LogP contribution in [0.5, 0.6) is 5.75 Å². The number of rotatable bonds is 11. The number of nitrogens with zero attached hydrogens (tertiary/aromatic N) is 2. The van der Waals surface area contributed by atoms with Gasteiger partial charge in [-0.05, 0) is 73.3 Å². The summed E-state index contributed by atoms with van der Waals surface area (Å²) in [5.41, 5.74) is 1.81. The van der Waals surface area contributed by atoms with Crippen LogP contribution in [0.25, 0.3) is 0 Å². The van der Waals surface area contributed by atoms with Gasteiger partial charge in [-0.3, -0.25) is 4.31 Å². The van der Waals surface area contributed by atoms with E-state index in [2.05, 4.69) is 11.8 Å². The number of anilines is 1. The molecular weight excluding hydrogens is 484 g/mol. The maximum absolute atomic E-state index is 12.7. The van der Waals surface area contributed by atoms with Gasteiger partial charge in [-0.15, -0.1) is 0 Å². The summed E-state index contributed by atoms with van der Waals surface area (Å²) in [5, 5.41) is 12.5. The average molecular weight is 523 g/mol. The number of aliphatic hydroxyl groups is 1. The van der Waals surface area contributed by atoms with E-state index in [1.54, 1.807) is 7.11 Å². The first-order valence-electron chi connectivity index (χ1n) is 13.0. The number of hydrogen-bond acceptors (Lipinski definition) is 5. The molecule has 2 unspecified atom stereocenters. The van der Waals surface area contributed by atoms with Crippen LogP contribution < -0.4 is 9.04 Å². The molecule has 4 rings (SSSR count). The predicted molar refractivity (Wildman–Crippen MR) is 150 cm³/mol. The van der Waals surface area contributed by atoms with Crippen LogP contribution in [-0.2, 0) is 15.6 Å². The van der Waals surface area contributed by atoms with Gasteiger partial charge in [0.05, 0.1) is 19.1 Å². The van der Waals surface area contributed by atoms with E-state index >= 15 is 0 Å². The largest absolute Gasteiger partial charge is 0.497 e. The quantitative estimate of drug-likeness (QED) is 0.384. The summed E-state index contributed by atoms with van der Waals surface area (Å²) in [4.78, 5) is 2.31. The molecule has 3 aromatic carbocycles. The van der Waals surface area contributed by atoms with Gasteiger partial charge >= 0.3 is 0 Å². The molecule has 7 heteroatoms. The maximum Gasteiger partial charge on any atom is 0.232 e. The van der Waals surface area contributed by atoms with Crippen molar-refractivity contribution in [3.05, 3.63) is 95.6 Å². The van der Waals surface area contributed by atoms with Crippen molar-refractivity contribution in [3.8, 4) is 5.75 Å². The Kier molecular flexibility index (Phi) is 8.57. The highest BCUT2D eigenvalue weighted by molar-refractivity contribution is 7.92. The third kappa shape index (κ3) is 6.00.